The van der Waals surface area contributed by atoms with E-state index in [4.69, 9.17) is 0 Å². The maximum atomic E-state index is 12.3. The Morgan fingerprint density at radius 2 is 2.00 bits per heavy atom. The fourth-order valence-corrected chi connectivity index (χ4v) is 4.53. The van der Waals surface area contributed by atoms with E-state index >= 15 is 0 Å². The molecular formula is C19H14N2OS2. The van der Waals surface area contributed by atoms with Crippen LogP contribution in [0.5, 0.6) is 0 Å². The molecule has 1 amide bonds. The lowest BCUT2D eigenvalue weighted by Gasteiger charge is -2.02. The van der Waals surface area contributed by atoms with Crippen LogP contribution in [0.4, 0.5) is 0 Å². The van der Waals surface area contributed by atoms with Crippen molar-refractivity contribution in [3.63, 3.8) is 0 Å². The van der Waals surface area contributed by atoms with Gasteiger partial charge in [0.15, 0.2) is 0 Å². The molecule has 0 aliphatic rings. The average Bonchev–Trinajstić information content (AvgIpc) is 3.27. The first kappa shape index (κ1) is 15.1. The summed E-state index contributed by atoms with van der Waals surface area (Å²) in [5, 5.41) is 6.35. The van der Waals surface area contributed by atoms with Crippen molar-refractivity contribution >= 4 is 38.7 Å². The van der Waals surface area contributed by atoms with Gasteiger partial charge in [-0.15, -0.1) is 22.7 Å². The molecular weight excluding hydrogens is 336 g/mol. The van der Waals surface area contributed by atoms with E-state index in [2.05, 4.69) is 27.8 Å². The third-order valence-corrected chi connectivity index (χ3v) is 5.83. The van der Waals surface area contributed by atoms with E-state index in [9.17, 15) is 4.79 Å². The Balaban J connectivity index is 1.53. The molecule has 0 saturated carbocycles. The van der Waals surface area contributed by atoms with Crippen LogP contribution in [0, 0.1) is 0 Å². The van der Waals surface area contributed by atoms with Crippen LogP contribution in [0.2, 0.25) is 0 Å². The first-order valence-corrected chi connectivity index (χ1v) is 9.24. The Hall–Kier alpha value is -2.50. The minimum absolute atomic E-state index is 0.0466. The van der Waals surface area contributed by atoms with Crippen molar-refractivity contribution in [2.75, 3.05) is 0 Å². The molecule has 0 aliphatic heterocycles. The number of hydrogen-bond acceptors (Lipinski definition) is 4. The Morgan fingerprint density at radius 1 is 1.08 bits per heavy atom. The van der Waals surface area contributed by atoms with Crippen molar-refractivity contribution in [2.24, 2.45) is 0 Å². The molecule has 0 spiro atoms. The highest BCUT2D eigenvalue weighted by Crippen LogP contribution is 2.37. The number of benzene rings is 1. The number of thiophene rings is 2. The summed E-state index contributed by atoms with van der Waals surface area (Å²) >= 11 is 3.26. The number of hydrogen-bond donors (Lipinski definition) is 1. The van der Waals surface area contributed by atoms with E-state index in [1.54, 1.807) is 23.7 Å². The normalized spacial score (nSPS) is 10.8. The van der Waals surface area contributed by atoms with Crippen molar-refractivity contribution in [1.29, 1.82) is 0 Å². The van der Waals surface area contributed by atoms with Crippen LogP contribution in [-0.4, -0.2) is 10.9 Å². The molecule has 0 bridgehead atoms. The van der Waals surface area contributed by atoms with Gasteiger partial charge in [-0.3, -0.25) is 9.78 Å². The number of fused-ring (bicyclic) bond motifs is 1. The van der Waals surface area contributed by atoms with Crippen LogP contribution in [-0.2, 0) is 6.54 Å². The zero-order valence-corrected chi connectivity index (χ0v) is 14.4. The number of rotatable bonds is 4. The van der Waals surface area contributed by atoms with E-state index in [1.807, 2.05) is 36.4 Å². The second kappa shape index (κ2) is 6.55. The topological polar surface area (TPSA) is 42.0 Å². The number of aromatic nitrogens is 1. The van der Waals surface area contributed by atoms with Crippen molar-refractivity contribution in [3.05, 3.63) is 76.7 Å². The Kier molecular flexibility index (Phi) is 4.11. The van der Waals surface area contributed by atoms with Gasteiger partial charge in [0.05, 0.1) is 4.88 Å². The van der Waals surface area contributed by atoms with Crippen molar-refractivity contribution in [3.8, 4) is 10.4 Å². The highest BCUT2D eigenvalue weighted by atomic mass is 32.1. The van der Waals surface area contributed by atoms with E-state index < -0.39 is 0 Å². The molecule has 0 unspecified atom stereocenters. The first-order chi connectivity index (χ1) is 11.8. The van der Waals surface area contributed by atoms with Gasteiger partial charge in [-0.25, -0.2) is 0 Å². The number of nitrogens with zero attached hydrogens (tertiary/aromatic N) is 1. The van der Waals surface area contributed by atoms with Gasteiger partial charge in [0.25, 0.3) is 5.91 Å². The first-order valence-electron chi connectivity index (χ1n) is 7.55. The minimum atomic E-state index is -0.0466. The number of carbonyl (C=O) groups is 1. The van der Waals surface area contributed by atoms with Crippen LogP contribution in [0.1, 0.15) is 15.2 Å². The maximum Gasteiger partial charge on any atom is 0.261 e. The SMILES string of the molecule is O=C(NCc1cccnc1)c1ccc(-c2csc3ccccc23)s1. The maximum absolute atomic E-state index is 12.3. The van der Waals surface area contributed by atoms with Crippen LogP contribution in [0.25, 0.3) is 20.5 Å². The monoisotopic (exact) mass is 350 g/mol. The molecule has 1 aromatic carbocycles. The minimum Gasteiger partial charge on any atom is -0.347 e. The summed E-state index contributed by atoms with van der Waals surface area (Å²) < 4.78 is 1.27. The molecule has 0 fully saturated rings. The van der Waals surface area contributed by atoms with Gasteiger partial charge in [-0.1, -0.05) is 24.3 Å². The Morgan fingerprint density at radius 3 is 2.88 bits per heavy atom. The molecule has 118 valence electrons. The molecule has 3 heterocycles. The van der Waals surface area contributed by atoms with Gasteiger partial charge in [0.1, 0.15) is 0 Å². The van der Waals surface area contributed by atoms with E-state index in [0.717, 1.165) is 15.3 Å². The van der Waals surface area contributed by atoms with E-state index in [1.165, 1.54) is 27.0 Å². The summed E-state index contributed by atoms with van der Waals surface area (Å²) in [6.07, 6.45) is 3.49. The molecule has 0 saturated heterocycles. The summed E-state index contributed by atoms with van der Waals surface area (Å²) in [6, 6.07) is 16.1. The number of carbonyl (C=O) groups excluding carboxylic acids is 1. The van der Waals surface area contributed by atoms with Crippen LogP contribution < -0.4 is 5.32 Å². The third-order valence-electron chi connectivity index (χ3n) is 3.75. The van der Waals surface area contributed by atoms with E-state index in [0.29, 0.717) is 6.54 Å². The molecule has 0 atom stereocenters. The number of pyridine rings is 1. The standard InChI is InChI=1S/C19H14N2OS2/c22-19(21-11-13-4-3-9-20-10-13)18-8-7-17(24-18)15-12-23-16-6-2-1-5-14(15)16/h1-10,12H,11H2,(H,21,22). The second-order valence-corrected chi connectivity index (χ2v) is 7.35. The quantitative estimate of drug-likeness (QED) is 0.565. The van der Waals surface area contributed by atoms with Crippen LogP contribution >= 0.6 is 22.7 Å². The van der Waals surface area contributed by atoms with Crippen LogP contribution in [0.15, 0.2) is 66.3 Å². The lowest BCUT2D eigenvalue weighted by Crippen LogP contribution is -2.21. The molecule has 1 N–H and O–H groups in total. The molecule has 3 aromatic heterocycles. The van der Waals surface area contributed by atoms with Gasteiger partial charge in [-0.2, -0.15) is 0 Å². The highest BCUT2D eigenvalue weighted by molar-refractivity contribution is 7.20. The van der Waals surface area contributed by atoms with Gasteiger partial charge >= 0.3 is 0 Å². The largest absolute Gasteiger partial charge is 0.347 e. The molecule has 3 nitrogen and oxygen atoms in total. The second-order valence-electron chi connectivity index (χ2n) is 5.35. The lowest BCUT2D eigenvalue weighted by atomic mass is 10.1. The number of nitrogens with one attached hydrogen (secondary N) is 1. The van der Waals surface area contributed by atoms with Crippen molar-refractivity contribution in [2.45, 2.75) is 6.54 Å². The predicted molar refractivity (Wildman–Crippen MR) is 101 cm³/mol. The smallest absolute Gasteiger partial charge is 0.261 e. The van der Waals surface area contributed by atoms with Crippen LogP contribution in [0.3, 0.4) is 0 Å². The fourth-order valence-electron chi connectivity index (χ4n) is 2.55. The van der Waals surface area contributed by atoms with Gasteiger partial charge in [-0.05, 0) is 29.8 Å². The van der Waals surface area contributed by atoms with E-state index in [-0.39, 0.29) is 5.91 Å². The Labute approximate surface area is 147 Å². The zero-order chi connectivity index (χ0) is 16.4. The van der Waals surface area contributed by atoms with Crippen molar-refractivity contribution in [1.82, 2.24) is 10.3 Å². The molecule has 4 aromatic rings. The number of amides is 1. The Bertz CT molecular complexity index is 989. The molecule has 24 heavy (non-hydrogen) atoms. The molecule has 4 rings (SSSR count). The summed E-state index contributed by atoms with van der Waals surface area (Å²) in [5.41, 5.74) is 2.19. The summed E-state index contributed by atoms with van der Waals surface area (Å²) in [4.78, 5) is 18.3. The van der Waals surface area contributed by atoms with Gasteiger partial charge in [0.2, 0.25) is 0 Å². The van der Waals surface area contributed by atoms with Gasteiger partial charge in [0, 0.05) is 44.8 Å². The fraction of sp³-hybridized carbons (Fsp3) is 0.0526. The zero-order valence-electron chi connectivity index (χ0n) is 12.7. The molecule has 5 heteroatoms. The summed E-state index contributed by atoms with van der Waals surface area (Å²) in [7, 11) is 0. The van der Waals surface area contributed by atoms with Gasteiger partial charge < -0.3 is 5.32 Å². The summed E-state index contributed by atoms with van der Waals surface area (Å²) in [5.74, 6) is -0.0466. The average molecular weight is 350 g/mol. The molecule has 0 radical (unpaired) electrons. The summed E-state index contributed by atoms with van der Waals surface area (Å²) in [6.45, 7) is 0.487. The van der Waals surface area contributed by atoms with Crippen molar-refractivity contribution < 1.29 is 4.79 Å². The molecule has 0 aliphatic carbocycles. The highest BCUT2D eigenvalue weighted by Gasteiger charge is 2.12. The lowest BCUT2D eigenvalue weighted by molar-refractivity contribution is 0.0955. The predicted octanol–water partition coefficient (Wildman–Crippen LogP) is 4.95. The third kappa shape index (κ3) is 2.96.